The molecule has 0 bridgehead atoms. The highest BCUT2D eigenvalue weighted by molar-refractivity contribution is 5.82. The van der Waals surface area contributed by atoms with Crippen LogP contribution in [0.2, 0.25) is 0 Å². The molecule has 1 amide bonds. The lowest BCUT2D eigenvalue weighted by atomic mass is 10.1. The summed E-state index contributed by atoms with van der Waals surface area (Å²) in [6, 6.07) is 0. The molecular weight excluding hydrogens is 282 g/mol. The van der Waals surface area contributed by atoms with Crippen LogP contribution >= 0.6 is 0 Å². The van der Waals surface area contributed by atoms with Gasteiger partial charge in [0.1, 0.15) is 18.2 Å². The molecule has 0 spiro atoms. The molecule has 0 aromatic rings. The number of aliphatic imine (C=N–C) groups is 1. The number of amides is 1. The average molecular weight is 303 g/mol. The van der Waals surface area contributed by atoms with Crippen molar-refractivity contribution < 1.29 is 9.63 Å². The fraction of sp³-hybridized carbons (Fsp3) is 0.467. The Hall–Kier alpha value is -2.28. The van der Waals surface area contributed by atoms with Gasteiger partial charge < -0.3 is 15.1 Å². The molecule has 0 radical (unpaired) electrons. The molecule has 118 valence electrons. The maximum atomic E-state index is 10.9. The summed E-state index contributed by atoms with van der Waals surface area (Å²) >= 11 is 0. The summed E-state index contributed by atoms with van der Waals surface area (Å²) in [6.45, 7) is 6.54. The first-order valence-corrected chi connectivity index (χ1v) is 7.43. The first-order valence-electron chi connectivity index (χ1n) is 7.43. The molecule has 3 heterocycles. The summed E-state index contributed by atoms with van der Waals surface area (Å²) in [5.74, 6) is 1.03. The van der Waals surface area contributed by atoms with Crippen molar-refractivity contribution in [2.45, 2.75) is 20.3 Å². The lowest BCUT2D eigenvalue weighted by molar-refractivity contribution is -0.109. The molecule has 0 saturated heterocycles. The van der Waals surface area contributed by atoms with Crippen LogP contribution in [0, 0.1) is 0 Å². The maximum absolute atomic E-state index is 10.9. The number of nitrogens with one attached hydrogen (secondary N) is 1. The highest BCUT2D eigenvalue weighted by Crippen LogP contribution is 2.35. The molecule has 0 aromatic heterocycles. The third-order valence-electron chi connectivity index (χ3n) is 3.98. The van der Waals surface area contributed by atoms with Gasteiger partial charge in [-0.25, -0.2) is 10.1 Å². The molecule has 1 N–H and O–H groups in total. The number of hydrogen-bond acceptors (Lipinski definition) is 6. The Kier molecular flexibility index (Phi) is 3.89. The van der Waals surface area contributed by atoms with Gasteiger partial charge in [-0.1, -0.05) is 6.92 Å². The van der Waals surface area contributed by atoms with E-state index in [4.69, 9.17) is 4.84 Å². The summed E-state index contributed by atoms with van der Waals surface area (Å²) in [5.41, 5.74) is 3.74. The predicted molar refractivity (Wildman–Crippen MR) is 82.9 cm³/mol. The van der Waals surface area contributed by atoms with Gasteiger partial charge in [-0.2, -0.15) is 0 Å². The fourth-order valence-electron chi connectivity index (χ4n) is 3.04. The third kappa shape index (κ3) is 2.27. The van der Waals surface area contributed by atoms with Crippen LogP contribution in [-0.2, 0) is 9.63 Å². The summed E-state index contributed by atoms with van der Waals surface area (Å²) in [4.78, 5) is 25.3. The minimum absolute atomic E-state index is 0.615. The number of nitrogens with zero attached hydrogens (tertiary/aromatic N) is 4. The van der Waals surface area contributed by atoms with Crippen LogP contribution in [-0.4, -0.2) is 54.4 Å². The van der Waals surface area contributed by atoms with E-state index in [0.717, 1.165) is 48.0 Å². The molecule has 0 saturated carbocycles. The van der Waals surface area contributed by atoms with E-state index in [9.17, 15) is 4.79 Å². The van der Waals surface area contributed by atoms with Crippen LogP contribution in [0.3, 0.4) is 0 Å². The van der Waals surface area contributed by atoms with E-state index in [1.54, 1.807) is 12.2 Å². The third-order valence-corrected chi connectivity index (χ3v) is 3.98. The van der Waals surface area contributed by atoms with Crippen LogP contribution in [0.1, 0.15) is 20.3 Å². The molecule has 3 aliphatic rings. The zero-order chi connectivity index (χ0) is 15.7. The van der Waals surface area contributed by atoms with Gasteiger partial charge in [-0.05, 0) is 18.9 Å². The molecule has 0 aromatic carbocycles. The molecule has 0 unspecified atom stereocenters. The Morgan fingerprint density at radius 1 is 1.50 bits per heavy atom. The summed E-state index contributed by atoms with van der Waals surface area (Å²) in [5, 5.41) is 4.57. The van der Waals surface area contributed by atoms with E-state index in [1.165, 1.54) is 0 Å². The topological polar surface area (TPSA) is 60.4 Å². The van der Waals surface area contributed by atoms with Crippen molar-refractivity contribution in [3.63, 3.8) is 0 Å². The number of hydrogen-bond donors (Lipinski definition) is 1. The van der Waals surface area contributed by atoms with Gasteiger partial charge in [0, 0.05) is 13.1 Å². The van der Waals surface area contributed by atoms with Gasteiger partial charge in [0.05, 0.1) is 30.9 Å². The van der Waals surface area contributed by atoms with E-state index < -0.39 is 0 Å². The zero-order valence-corrected chi connectivity index (χ0v) is 13.2. The van der Waals surface area contributed by atoms with Gasteiger partial charge in [0.2, 0.25) is 6.41 Å². The largest absolute Gasteiger partial charge is 0.352 e. The lowest BCUT2D eigenvalue weighted by Crippen LogP contribution is -2.43. The van der Waals surface area contributed by atoms with Gasteiger partial charge in [-0.3, -0.25) is 9.63 Å². The second-order valence-electron chi connectivity index (χ2n) is 5.49. The van der Waals surface area contributed by atoms with E-state index >= 15 is 0 Å². The molecule has 0 fully saturated rings. The molecule has 7 heteroatoms. The summed E-state index contributed by atoms with van der Waals surface area (Å²) in [6.07, 6.45) is 5.50. The van der Waals surface area contributed by atoms with Gasteiger partial charge in [-0.15, -0.1) is 0 Å². The van der Waals surface area contributed by atoms with E-state index in [1.807, 2.05) is 19.3 Å². The highest BCUT2D eigenvalue weighted by Gasteiger charge is 2.35. The highest BCUT2D eigenvalue weighted by atomic mass is 16.7. The van der Waals surface area contributed by atoms with Crippen LogP contribution in [0.5, 0.6) is 0 Å². The molecule has 7 nitrogen and oxygen atoms in total. The Morgan fingerprint density at radius 3 is 3.00 bits per heavy atom. The van der Waals surface area contributed by atoms with Crippen molar-refractivity contribution in [1.29, 1.82) is 0 Å². The van der Waals surface area contributed by atoms with Crippen LogP contribution in [0.15, 0.2) is 39.7 Å². The Labute approximate surface area is 130 Å². The van der Waals surface area contributed by atoms with Crippen molar-refractivity contribution in [3.8, 4) is 0 Å². The summed E-state index contributed by atoms with van der Waals surface area (Å²) in [7, 11) is 1.65. The van der Waals surface area contributed by atoms with Gasteiger partial charge in [0.15, 0.2) is 0 Å². The maximum Gasteiger partial charge on any atom is 0.211 e. The molecule has 3 aliphatic heterocycles. The standard InChI is InChI=1S/C15H21N5O2/c1-4-5-18-7-11(2)13(17-9-21)14-15(18)20-10-19(22-3)8-12(20)6-16-14/h6,8-9H,4-5,7,10H2,1-3H3,(H,17,21). The first-order chi connectivity index (χ1) is 10.7. The quantitative estimate of drug-likeness (QED) is 0.767. The molecule has 0 aliphatic carbocycles. The van der Waals surface area contributed by atoms with Crippen molar-refractivity contribution in [1.82, 2.24) is 20.2 Å². The lowest BCUT2D eigenvalue weighted by Gasteiger charge is -2.40. The van der Waals surface area contributed by atoms with Crippen molar-refractivity contribution in [2.75, 3.05) is 26.9 Å². The van der Waals surface area contributed by atoms with E-state index in [2.05, 4.69) is 27.0 Å². The zero-order valence-electron chi connectivity index (χ0n) is 13.2. The Balaban J connectivity index is 2.04. The minimum atomic E-state index is 0.615. The fourth-order valence-corrected chi connectivity index (χ4v) is 3.04. The Bertz CT molecular complexity index is 605. The van der Waals surface area contributed by atoms with Gasteiger partial charge >= 0.3 is 0 Å². The van der Waals surface area contributed by atoms with Crippen LogP contribution in [0.4, 0.5) is 0 Å². The van der Waals surface area contributed by atoms with Crippen LogP contribution in [0.25, 0.3) is 0 Å². The average Bonchev–Trinajstić information content (AvgIpc) is 2.94. The Morgan fingerprint density at radius 2 is 2.32 bits per heavy atom. The first kappa shape index (κ1) is 14.6. The van der Waals surface area contributed by atoms with Crippen molar-refractivity contribution in [2.24, 2.45) is 4.99 Å². The SMILES string of the molecule is CCCN1CC(C)=C(NC=O)C2=C1N1CN(OC)C=C1C=N2. The number of rotatable bonds is 5. The number of carbonyl (C=O) groups excluding carboxylic acids is 1. The number of hydroxylamine groups is 2. The van der Waals surface area contributed by atoms with Crippen LogP contribution < -0.4 is 5.32 Å². The number of allylic oxidation sites excluding steroid dienone is 1. The molecule has 0 atom stereocenters. The smallest absolute Gasteiger partial charge is 0.211 e. The predicted octanol–water partition coefficient (Wildman–Crippen LogP) is 0.963. The van der Waals surface area contributed by atoms with E-state index in [-0.39, 0.29) is 0 Å². The molecule has 3 rings (SSSR count). The minimum Gasteiger partial charge on any atom is -0.352 e. The number of fused-ring (bicyclic) bond motifs is 2. The normalized spacial score (nSPS) is 20.3. The summed E-state index contributed by atoms with van der Waals surface area (Å²) < 4.78 is 0. The van der Waals surface area contributed by atoms with Gasteiger partial charge in [0.25, 0.3) is 0 Å². The van der Waals surface area contributed by atoms with Crippen molar-refractivity contribution in [3.05, 3.63) is 34.7 Å². The van der Waals surface area contributed by atoms with Crippen molar-refractivity contribution >= 4 is 12.6 Å². The second kappa shape index (κ2) is 5.84. The monoisotopic (exact) mass is 303 g/mol. The molecular formula is C15H21N5O2. The van der Waals surface area contributed by atoms with E-state index in [0.29, 0.717) is 13.1 Å². The second-order valence-corrected chi connectivity index (χ2v) is 5.49. The molecule has 22 heavy (non-hydrogen) atoms. The number of carbonyl (C=O) groups is 1.